The number of rotatable bonds is 3. The Bertz CT molecular complexity index is 554. The summed E-state index contributed by atoms with van der Waals surface area (Å²) < 4.78 is 0. The lowest BCUT2D eigenvalue weighted by Gasteiger charge is -2.31. The molecule has 112 valence electrons. The largest absolute Gasteiger partial charge is 0.366 e. The molecule has 1 fully saturated rings. The average molecular weight is 289 g/mol. The van der Waals surface area contributed by atoms with E-state index in [4.69, 9.17) is 5.73 Å². The van der Waals surface area contributed by atoms with Gasteiger partial charge < -0.3 is 16.0 Å². The molecule has 1 heterocycles. The van der Waals surface area contributed by atoms with Crippen molar-refractivity contribution in [2.75, 3.05) is 20.1 Å². The van der Waals surface area contributed by atoms with Crippen LogP contribution in [0.3, 0.4) is 0 Å². The van der Waals surface area contributed by atoms with Gasteiger partial charge in [0, 0.05) is 31.3 Å². The first kappa shape index (κ1) is 15.0. The van der Waals surface area contributed by atoms with Gasteiger partial charge in [0.25, 0.3) is 5.91 Å². The number of primary amides is 1. The maximum absolute atomic E-state index is 12.4. The van der Waals surface area contributed by atoms with Crippen LogP contribution >= 0.6 is 0 Å². The Morgan fingerprint density at radius 3 is 2.38 bits per heavy atom. The van der Waals surface area contributed by atoms with Gasteiger partial charge >= 0.3 is 0 Å². The van der Waals surface area contributed by atoms with Crippen molar-refractivity contribution in [3.8, 4) is 0 Å². The second-order valence-corrected chi connectivity index (χ2v) is 5.15. The predicted octanol–water partition coefficient (Wildman–Crippen LogP) is 0.384. The van der Waals surface area contributed by atoms with Crippen molar-refractivity contribution in [2.24, 2.45) is 11.7 Å². The number of hydrogen-bond acceptors (Lipinski definition) is 3. The molecule has 0 aliphatic carbocycles. The first-order valence-corrected chi connectivity index (χ1v) is 6.93. The van der Waals surface area contributed by atoms with Crippen molar-refractivity contribution in [1.29, 1.82) is 0 Å². The van der Waals surface area contributed by atoms with E-state index in [-0.39, 0.29) is 17.7 Å². The third-order valence-electron chi connectivity index (χ3n) is 3.74. The van der Waals surface area contributed by atoms with Crippen molar-refractivity contribution in [3.63, 3.8) is 0 Å². The molecule has 1 unspecified atom stereocenters. The van der Waals surface area contributed by atoms with Crippen LogP contribution in [0.2, 0.25) is 0 Å². The standard InChI is InChI=1S/C15H19N3O3/c1-17-14(20)12-3-2-8-18(9-12)15(21)11-6-4-10(5-7-11)13(16)19/h4-7,12H,2-3,8-9H2,1H3,(H2,16,19)(H,17,20). The lowest BCUT2D eigenvalue weighted by atomic mass is 9.96. The van der Waals surface area contributed by atoms with Crippen LogP contribution in [0.1, 0.15) is 33.6 Å². The van der Waals surface area contributed by atoms with E-state index in [1.165, 1.54) is 12.1 Å². The highest BCUT2D eigenvalue weighted by Crippen LogP contribution is 2.19. The van der Waals surface area contributed by atoms with Gasteiger partial charge in [-0.1, -0.05) is 0 Å². The molecule has 1 saturated heterocycles. The number of piperidine rings is 1. The zero-order valence-electron chi connectivity index (χ0n) is 12.0. The van der Waals surface area contributed by atoms with Gasteiger partial charge in [-0.2, -0.15) is 0 Å². The normalized spacial score (nSPS) is 18.1. The van der Waals surface area contributed by atoms with E-state index >= 15 is 0 Å². The number of nitrogens with zero attached hydrogens (tertiary/aromatic N) is 1. The summed E-state index contributed by atoms with van der Waals surface area (Å²) in [6.45, 7) is 1.07. The Balaban J connectivity index is 2.08. The Kier molecular flexibility index (Phi) is 4.57. The second-order valence-electron chi connectivity index (χ2n) is 5.15. The minimum absolute atomic E-state index is 0.0309. The van der Waals surface area contributed by atoms with Gasteiger partial charge in [-0.15, -0.1) is 0 Å². The molecule has 1 aliphatic rings. The Morgan fingerprint density at radius 1 is 1.19 bits per heavy atom. The van der Waals surface area contributed by atoms with Crippen LogP contribution in [-0.2, 0) is 4.79 Å². The molecular formula is C15H19N3O3. The van der Waals surface area contributed by atoms with E-state index in [1.54, 1.807) is 24.1 Å². The van der Waals surface area contributed by atoms with Gasteiger partial charge in [0.15, 0.2) is 0 Å². The lowest BCUT2D eigenvalue weighted by Crippen LogP contribution is -2.44. The molecule has 0 aromatic heterocycles. The fourth-order valence-electron chi connectivity index (χ4n) is 2.54. The summed E-state index contributed by atoms with van der Waals surface area (Å²) in [7, 11) is 1.60. The van der Waals surface area contributed by atoms with E-state index < -0.39 is 5.91 Å². The van der Waals surface area contributed by atoms with Gasteiger partial charge in [-0.3, -0.25) is 14.4 Å². The maximum Gasteiger partial charge on any atom is 0.253 e. The molecule has 0 saturated carbocycles. The summed E-state index contributed by atoms with van der Waals surface area (Å²) in [4.78, 5) is 36.8. The third kappa shape index (κ3) is 3.39. The van der Waals surface area contributed by atoms with Gasteiger partial charge in [0.2, 0.25) is 11.8 Å². The summed E-state index contributed by atoms with van der Waals surface area (Å²) in [5.41, 5.74) is 6.04. The number of nitrogens with one attached hydrogen (secondary N) is 1. The molecule has 6 nitrogen and oxygen atoms in total. The highest BCUT2D eigenvalue weighted by Gasteiger charge is 2.28. The van der Waals surface area contributed by atoms with Crippen LogP contribution in [0.15, 0.2) is 24.3 Å². The smallest absolute Gasteiger partial charge is 0.253 e. The molecule has 0 spiro atoms. The average Bonchev–Trinajstić information content (AvgIpc) is 2.53. The number of nitrogens with two attached hydrogens (primary N) is 1. The number of carbonyl (C=O) groups excluding carboxylic acids is 3. The third-order valence-corrected chi connectivity index (χ3v) is 3.74. The van der Waals surface area contributed by atoms with Crippen molar-refractivity contribution in [3.05, 3.63) is 35.4 Å². The van der Waals surface area contributed by atoms with Crippen molar-refractivity contribution in [2.45, 2.75) is 12.8 Å². The number of likely N-dealkylation sites (tertiary alicyclic amines) is 1. The molecule has 6 heteroatoms. The summed E-state index contributed by atoms with van der Waals surface area (Å²) in [6.07, 6.45) is 1.60. The van der Waals surface area contributed by atoms with Crippen LogP contribution in [0.5, 0.6) is 0 Å². The first-order chi connectivity index (χ1) is 10.0. The van der Waals surface area contributed by atoms with Gasteiger partial charge in [-0.05, 0) is 37.1 Å². The number of amides is 3. The molecule has 0 radical (unpaired) electrons. The van der Waals surface area contributed by atoms with E-state index in [0.29, 0.717) is 24.2 Å². The predicted molar refractivity (Wildman–Crippen MR) is 77.7 cm³/mol. The monoisotopic (exact) mass is 289 g/mol. The zero-order chi connectivity index (χ0) is 15.4. The summed E-state index contributed by atoms with van der Waals surface area (Å²) in [5.74, 6) is -0.833. The minimum atomic E-state index is -0.522. The quantitative estimate of drug-likeness (QED) is 0.842. The Hall–Kier alpha value is -2.37. The topological polar surface area (TPSA) is 92.5 Å². The molecule has 21 heavy (non-hydrogen) atoms. The summed E-state index contributed by atoms with van der Waals surface area (Å²) in [6, 6.07) is 6.25. The molecule has 3 N–H and O–H groups in total. The van der Waals surface area contributed by atoms with Crippen molar-refractivity contribution in [1.82, 2.24) is 10.2 Å². The Labute approximate surface area is 123 Å². The summed E-state index contributed by atoms with van der Waals surface area (Å²) >= 11 is 0. The van der Waals surface area contributed by atoms with Gasteiger partial charge in [0.1, 0.15) is 0 Å². The van der Waals surface area contributed by atoms with Crippen LogP contribution in [0, 0.1) is 5.92 Å². The van der Waals surface area contributed by atoms with Gasteiger partial charge in [-0.25, -0.2) is 0 Å². The van der Waals surface area contributed by atoms with E-state index in [1.807, 2.05) is 0 Å². The van der Waals surface area contributed by atoms with Crippen molar-refractivity contribution < 1.29 is 14.4 Å². The number of benzene rings is 1. The molecular weight excluding hydrogens is 270 g/mol. The minimum Gasteiger partial charge on any atom is -0.366 e. The van der Waals surface area contributed by atoms with E-state index in [0.717, 1.165) is 12.8 Å². The number of carbonyl (C=O) groups is 3. The first-order valence-electron chi connectivity index (χ1n) is 6.93. The maximum atomic E-state index is 12.4. The highest BCUT2D eigenvalue weighted by atomic mass is 16.2. The fraction of sp³-hybridized carbons (Fsp3) is 0.400. The highest BCUT2D eigenvalue weighted by molar-refractivity contribution is 5.97. The number of hydrogen-bond donors (Lipinski definition) is 2. The SMILES string of the molecule is CNC(=O)C1CCCN(C(=O)c2ccc(C(N)=O)cc2)C1. The molecule has 1 aromatic carbocycles. The zero-order valence-corrected chi connectivity index (χ0v) is 12.0. The molecule has 1 aromatic rings. The Morgan fingerprint density at radius 2 is 1.81 bits per heavy atom. The van der Waals surface area contributed by atoms with Crippen molar-refractivity contribution >= 4 is 17.7 Å². The fourth-order valence-corrected chi connectivity index (χ4v) is 2.54. The van der Waals surface area contributed by atoms with Crippen LogP contribution in [0.25, 0.3) is 0 Å². The van der Waals surface area contributed by atoms with E-state index in [2.05, 4.69) is 5.32 Å². The summed E-state index contributed by atoms with van der Waals surface area (Å²) in [5, 5.41) is 2.63. The van der Waals surface area contributed by atoms with Crippen LogP contribution < -0.4 is 11.1 Å². The van der Waals surface area contributed by atoms with Gasteiger partial charge in [0.05, 0.1) is 5.92 Å². The molecule has 1 atom stereocenters. The van der Waals surface area contributed by atoms with E-state index in [9.17, 15) is 14.4 Å². The van der Waals surface area contributed by atoms with Crippen LogP contribution in [-0.4, -0.2) is 42.8 Å². The van der Waals surface area contributed by atoms with Crippen LogP contribution in [0.4, 0.5) is 0 Å². The molecule has 3 amide bonds. The molecule has 1 aliphatic heterocycles. The molecule has 0 bridgehead atoms. The lowest BCUT2D eigenvalue weighted by molar-refractivity contribution is -0.125. The second kappa shape index (κ2) is 6.39. The molecule has 2 rings (SSSR count).